The SMILES string of the molecule is CCCCCCCCCCCCCCCCN(C(=O)OCc1ccccc1)c1ccc(C(=O)Cl)c(F)c1. The lowest BCUT2D eigenvalue weighted by Crippen LogP contribution is -2.32. The Bertz CT molecular complexity index is 922. The van der Waals surface area contributed by atoms with Gasteiger partial charge in [0.1, 0.15) is 12.4 Å². The number of ether oxygens (including phenoxy) is 1. The number of carbonyl (C=O) groups excluding carboxylic acids is 2. The number of hydrogen-bond acceptors (Lipinski definition) is 3. The monoisotopic (exact) mass is 531 g/mol. The van der Waals surface area contributed by atoms with Gasteiger partial charge in [-0.1, -0.05) is 121 Å². The van der Waals surface area contributed by atoms with E-state index < -0.39 is 17.2 Å². The fraction of sp³-hybridized carbons (Fsp3) is 0.548. The average molecular weight is 532 g/mol. The third-order valence-electron chi connectivity index (χ3n) is 6.64. The van der Waals surface area contributed by atoms with E-state index in [0.717, 1.165) is 24.8 Å². The molecule has 0 aliphatic carbocycles. The average Bonchev–Trinajstić information content (AvgIpc) is 2.90. The van der Waals surface area contributed by atoms with Crippen molar-refractivity contribution in [2.45, 2.75) is 103 Å². The first-order valence-electron chi connectivity index (χ1n) is 14.0. The van der Waals surface area contributed by atoms with E-state index in [1.807, 2.05) is 30.3 Å². The van der Waals surface area contributed by atoms with E-state index in [4.69, 9.17) is 16.3 Å². The fourth-order valence-corrected chi connectivity index (χ4v) is 4.57. The molecule has 0 heterocycles. The second-order valence-electron chi connectivity index (χ2n) is 9.73. The van der Waals surface area contributed by atoms with Gasteiger partial charge in [-0.2, -0.15) is 0 Å². The molecule has 2 rings (SSSR count). The van der Waals surface area contributed by atoms with Gasteiger partial charge in [-0.05, 0) is 41.8 Å². The number of amides is 1. The number of unbranched alkanes of at least 4 members (excludes halogenated alkanes) is 13. The van der Waals surface area contributed by atoms with Gasteiger partial charge in [-0.25, -0.2) is 9.18 Å². The molecule has 2 aromatic carbocycles. The summed E-state index contributed by atoms with van der Waals surface area (Å²) in [7, 11) is 0. The second kappa shape index (κ2) is 18.8. The van der Waals surface area contributed by atoms with Crippen LogP contribution in [0.4, 0.5) is 14.9 Å². The van der Waals surface area contributed by atoms with E-state index in [1.165, 1.54) is 93.7 Å². The van der Waals surface area contributed by atoms with E-state index >= 15 is 0 Å². The standard InChI is InChI=1S/C31H43ClFNO3/c1-2-3-4-5-6-7-8-9-10-11-12-13-14-18-23-34(27-21-22-28(30(32)35)29(33)24-27)31(36)37-25-26-19-16-15-17-20-26/h15-17,19-22,24H,2-14,18,23,25H2,1H3. The molecule has 0 radical (unpaired) electrons. The first-order valence-corrected chi connectivity index (χ1v) is 14.4. The summed E-state index contributed by atoms with van der Waals surface area (Å²) in [6.07, 6.45) is 16.9. The zero-order valence-electron chi connectivity index (χ0n) is 22.4. The summed E-state index contributed by atoms with van der Waals surface area (Å²) in [5.41, 5.74) is 1.02. The van der Waals surface area contributed by atoms with Crippen LogP contribution < -0.4 is 4.90 Å². The molecule has 0 aromatic heterocycles. The Morgan fingerprint density at radius 3 is 1.84 bits per heavy atom. The Balaban J connectivity index is 1.74. The third kappa shape index (κ3) is 12.6. The summed E-state index contributed by atoms with van der Waals surface area (Å²) in [5, 5.41) is -0.866. The molecule has 0 saturated heterocycles. The van der Waals surface area contributed by atoms with Crippen molar-refractivity contribution in [3.05, 3.63) is 65.5 Å². The van der Waals surface area contributed by atoms with E-state index in [9.17, 15) is 14.0 Å². The van der Waals surface area contributed by atoms with Crippen LogP contribution in [0.25, 0.3) is 0 Å². The molecular formula is C31H43ClFNO3. The number of carbonyl (C=O) groups is 2. The van der Waals surface area contributed by atoms with Gasteiger partial charge in [0.2, 0.25) is 0 Å². The van der Waals surface area contributed by atoms with Gasteiger partial charge < -0.3 is 4.74 Å². The lowest BCUT2D eigenvalue weighted by molar-refractivity contribution is 0.107. The Hall–Kier alpha value is -2.40. The van der Waals surface area contributed by atoms with E-state index in [-0.39, 0.29) is 12.2 Å². The normalized spacial score (nSPS) is 10.9. The van der Waals surface area contributed by atoms with Crippen molar-refractivity contribution in [1.82, 2.24) is 0 Å². The van der Waals surface area contributed by atoms with Gasteiger partial charge in [0, 0.05) is 12.2 Å². The van der Waals surface area contributed by atoms with Crippen LogP contribution >= 0.6 is 11.6 Å². The molecule has 2 aromatic rings. The number of nitrogens with zero attached hydrogens (tertiary/aromatic N) is 1. The zero-order chi connectivity index (χ0) is 26.7. The molecule has 6 heteroatoms. The Morgan fingerprint density at radius 2 is 1.32 bits per heavy atom. The van der Waals surface area contributed by atoms with Crippen molar-refractivity contribution in [3.8, 4) is 0 Å². The molecule has 0 bridgehead atoms. The van der Waals surface area contributed by atoms with Crippen molar-refractivity contribution in [2.75, 3.05) is 11.4 Å². The molecule has 37 heavy (non-hydrogen) atoms. The zero-order valence-corrected chi connectivity index (χ0v) is 23.1. The van der Waals surface area contributed by atoms with Crippen LogP contribution in [-0.4, -0.2) is 17.9 Å². The quantitative estimate of drug-likeness (QED) is 0.134. The maximum atomic E-state index is 14.4. The highest BCUT2D eigenvalue weighted by Gasteiger charge is 2.20. The van der Waals surface area contributed by atoms with E-state index in [2.05, 4.69) is 6.92 Å². The summed E-state index contributed by atoms with van der Waals surface area (Å²) in [6, 6.07) is 13.4. The van der Waals surface area contributed by atoms with E-state index in [0.29, 0.717) is 12.2 Å². The van der Waals surface area contributed by atoms with Crippen LogP contribution in [0.5, 0.6) is 0 Å². The molecule has 0 N–H and O–H groups in total. The van der Waals surface area contributed by atoms with Crippen LogP contribution in [0.3, 0.4) is 0 Å². The van der Waals surface area contributed by atoms with Crippen molar-refractivity contribution < 1.29 is 18.7 Å². The first-order chi connectivity index (χ1) is 18.0. The minimum Gasteiger partial charge on any atom is -0.444 e. The Kier molecular flexibility index (Phi) is 15.6. The van der Waals surface area contributed by atoms with Crippen LogP contribution in [0.15, 0.2) is 48.5 Å². The number of benzene rings is 2. The van der Waals surface area contributed by atoms with Crippen molar-refractivity contribution in [1.29, 1.82) is 0 Å². The van der Waals surface area contributed by atoms with Gasteiger partial charge in [0.25, 0.3) is 5.24 Å². The minimum atomic E-state index is -0.866. The highest BCUT2D eigenvalue weighted by atomic mass is 35.5. The number of anilines is 1. The Morgan fingerprint density at radius 1 is 0.784 bits per heavy atom. The summed E-state index contributed by atoms with van der Waals surface area (Å²) < 4.78 is 19.9. The minimum absolute atomic E-state index is 0.135. The highest BCUT2D eigenvalue weighted by molar-refractivity contribution is 6.67. The fourth-order valence-electron chi connectivity index (χ4n) is 4.42. The largest absolute Gasteiger partial charge is 0.444 e. The molecule has 0 spiro atoms. The molecular weight excluding hydrogens is 489 g/mol. The van der Waals surface area contributed by atoms with E-state index in [1.54, 1.807) is 0 Å². The molecule has 0 atom stereocenters. The molecule has 1 amide bonds. The lowest BCUT2D eigenvalue weighted by Gasteiger charge is -2.23. The molecule has 0 unspecified atom stereocenters. The van der Waals surface area contributed by atoms with Gasteiger partial charge in [0.15, 0.2) is 0 Å². The van der Waals surface area contributed by atoms with Gasteiger partial charge in [-0.15, -0.1) is 0 Å². The van der Waals surface area contributed by atoms with Crippen molar-refractivity contribution in [3.63, 3.8) is 0 Å². The number of halogens is 2. The van der Waals surface area contributed by atoms with Crippen LogP contribution in [0.2, 0.25) is 0 Å². The van der Waals surface area contributed by atoms with Crippen LogP contribution in [-0.2, 0) is 11.3 Å². The van der Waals surface area contributed by atoms with Crippen molar-refractivity contribution >= 4 is 28.6 Å². The predicted octanol–water partition coefficient (Wildman–Crippen LogP) is 9.83. The topological polar surface area (TPSA) is 46.6 Å². The maximum Gasteiger partial charge on any atom is 0.414 e. The molecule has 0 aliphatic heterocycles. The second-order valence-corrected chi connectivity index (χ2v) is 10.1. The molecule has 4 nitrogen and oxygen atoms in total. The lowest BCUT2D eigenvalue weighted by atomic mass is 10.0. The van der Waals surface area contributed by atoms with Gasteiger partial charge in [-0.3, -0.25) is 9.69 Å². The molecule has 0 saturated carbocycles. The molecule has 204 valence electrons. The third-order valence-corrected chi connectivity index (χ3v) is 6.84. The summed E-state index contributed by atoms with van der Waals surface area (Å²) >= 11 is 5.44. The van der Waals surface area contributed by atoms with Crippen molar-refractivity contribution in [2.24, 2.45) is 0 Å². The van der Waals surface area contributed by atoms with Crippen LogP contribution in [0, 0.1) is 5.82 Å². The maximum absolute atomic E-state index is 14.4. The van der Waals surface area contributed by atoms with Crippen LogP contribution in [0.1, 0.15) is 113 Å². The van der Waals surface area contributed by atoms with Gasteiger partial charge in [0.05, 0.1) is 5.56 Å². The summed E-state index contributed by atoms with van der Waals surface area (Å²) in [4.78, 5) is 25.7. The summed E-state index contributed by atoms with van der Waals surface area (Å²) in [6.45, 7) is 2.80. The molecule has 0 aliphatic rings. The van der Waals surface area contributed by atoms with Gasteiger partial charge >= 0.3 is 6.09 Å². The number of rotatable bonds is 19. The number of hydrogen-bond donors (Lipinski definition) is 0. The smallest absolute Gasteiger partial charge is 0.414 e. The Labute approximate surface area is 227 Å². The highest BCUT2D eigenvalue weighted by Crippen LogP contribution is 2.22. The molecule has 0 fully saturated rings. The predicted molar refractivity (Wildman–Crippen MR) is 151 cm³/mol. The first kappa shape index (κ1) is 30.8. The summed E-state index contributed by atoms with van der Waals surface area (Å²) in [5.74, 6) is -0.751.